The Morgan fingerprint density at radius 1 is 1.22 bits per heavy atom. The van der Waals surface area contributed by atoms with Crippen molar-refractivity contribution in [2.75, 3.05) is 31.3 Å². The fourth-order valence-corrected chi connectivity index (χ4v) is 1.62. The molecule has 0 aliphatic carbocycles. The average Bonchev–Trinajstić information content (AvgIpc) is 2.32. The van der Waals surface area contributed by atoms with Gasteiger partial charge in [-0.15, -0.1) is 0 Å². The van der Waals surface area contributed by atoms with E-state index in [1.54, 1.807) is 7.11 Å². The maximum Gasteiger partial charge on any atom is 0.122 e. The van der Waals surface area contributed by atoms with Gasteiger partial charge in [-0.2, -0.15) is 0 Å². The van der Waals surface area contributed by atoms with E-state index in [2.05, 4.69) is 19.2 Å². The molecule has 0 saturated carbocycles. The summed E-state index contributed by atoms with van der Waals surface area (Å²) in [7, 11) is 1.64. The summed E-state index contributed by atoms with van der Waals surface area (Å²) in [5, 5.41) is 3.33. The van der Waals surface area contributed by atoms with Gasteiger partial charge in [0.2, 0.25) is 0 Å². The number of nitrogen functional groups attached to an aromatic ring is 1. The summed E-state index contributed by atoms with van der Waals surface area (Å²) in [5.74, 6) is 0.778. The molecule has 0 atom stereocenters. The topological polar surface area (TPSA) is 56.5 Å². The molecule has 4 nitrogen and oxygen atoms in total. The smallest absolute Gasteiger partial charge is 0.122 e. The van der Waals surface area contributed by atoms with Crippen molar-refractivity contribution in [3.63, 3.8) is 0 Å². The zero-order valence-corrected chi connectivity index (χ0v) is 11.5. The van der Waals surface area contributed by atoms with Crippen LogP contribution in [-0.4, -0.2) is 26.4 Å². The molecule has 1 rings (SSSR count). The minimum Gasteiger partial charge on any atom is -0.497 e. The number of rotatable bonds is 8. The molecular weight excluding hydrogens is 228 g/mol. The number of methoxy groups -OCH3 is 1. The van der Waals surface area contributed by atoms with Crippen LogP contribution in [0.4, 0.5) is 11.4 Å². The lowest BCUT2D eigenvalue weighted by atomic mass is 10.2. The molecule has 1 aromatic rings. The maximum absolute atomic E-state index is 5.78. The van der Waals surface area contributed by atoms with E-state index in [9.17, 15) is 0 Å². The Morgan fingerprint density at radius 3 is 2.67 bits per heavy atom. The zero-order chi connectivity index (χ0) is 13.4. The summed E-state index contributed by atoms with van der Waals surface area (Å²) in [6, 6.07) is 5.66. The van der Waals surface area contributed by atoms with Gasteiger partial charge in [0.25, 0.3) is 0 Å². The first-order chi connectivity index (χ1) is 8.61. The molecule has 0 heterocycles. The molecule has 0 saturated heterocycles. The quantitative estimate of drug-likeness (QED) is 0.552. The standard InChI is InChI=1S/C14H24N2O2/c1-11(2)18-7-5-4-6-16-13-8-12(15)9-14(10-13)17-3/h8-11,16H,4-7,15H2,1-3H3. The molecular formula is C14H24N2O2. The van der Waals surface area contributed by atoms with Crippen LogP contribution in [0.5, 0.6) is 5.75 Å². The number of benzene rings is 1. The van der Waals surface area contributed by atoms with Crippen molar-refractivity contribution in [3.8, 4) is 5.75 Å². The predicted octanol–water partition coefficient (Wildman–Crippen LogP) is 2.89. The highest BCUT2D eigenvalue weighted by Crippen LogP contribution is 2.22. The Labute approximate surface area is 109 Å². The lowest BCUT2D eigenvalue weighted by molar-refractivity contribution is 0.0765. The summed E-state index contributed by atoms with van der Waals surface area (Å²) in [5.41, 5.74) is 7.49. The molecule has 4 heteroatoms. The van der Waals surface area contributed by atoms with Gasteiger partial charge in [0.05, 0.1) is 13.2 Å². The molecule has 0 bridgehead atoms. The first kappa shape index (κ1) is 14.6. The lowest BCUT2D eigenvalue weighted by Gasteiger charge is -2.10. The SMILES string of the molecule is COc1cc(N)cc(NCCCCOC(C)C)c1. The third-order valence-corrected chi connectivity index (χ3v) is 2.52. The summed E-state index contributed by atoms with van der Waals surface area (Å²) < 4.78 is 10.6. The second kappa shape index (κ2) is 7.82. The highest BCUT2D eigenvalue weighted by molar-refractivity contribution is 5.59. The van der Waals surface area contributed by atoms with Gasteiger partial charge in [-0.1, -0.05) is 0 Å². The van der Waals surface area contributed by atoms with Gasteiger partial charge in [0.15, 0.2) is 0 Å². The number of hydrogen-bond donors (Lipinski definition) is 2. The molecule has 102 valence electrons. The second-order valence-electron chi connectivity index (χ2n) is 4.55. The van der Waals surface area contributed by atoms with E-state index in [1.165, 1.54) is 0 Å². The van der Waals surface area contributed by atoms with Gasteiger partial charge in [-0.25, -0.2) is 0 Å². The Kier molecular flexibility index (Phi) is 6.36. The minimum absolute atomic E-state index is 0.316. The highest BCUT2D eigenvalue weighted by atomic mass is 16.5. The molecule has 0 unspecified atom stereocenters. The van der Waals surface area contributed by atoms with Crippen LogP contribution in [0.1, 0.15) is 26.7 Å². The van der Waals surface area contributed by atoms with Crippen molar-refractivity contribution >= 4 is 11.4 Å². The molecule has 0 aliphatic rings. The number of hydrogen-bond acceptors (Lipinski definition) is 4. The number of unbranched alkanes of at least 4 members (excludes halogenated alkanes) is 1. The van der Waals surface area contributed by atoms with Crippen molar-refractivity contribution in [1.29, 1.82) is 0 Å². The van der Waals surface area contributed by atoms with E-state index in [-0.39, 0.29) is 0 Å². The second-order valence-corrected chi connectivity index (χ2v) is 4.55. The highest BCUT2D eigenvalue weighted by Gasteiger charge is 1.99. The summed E-state index contributed by atoms with van der Waals surface area (Å²) in [6.45, 7) is 5.84. The first-order valence-electron chi connectivity index (χ1n) is 6.42. The fourth-order valence-electron chi connectivity index (χ4n) is 1.62. The zero-order valence-electron chi connectivity index (χ0n) is 11.5. The van der Waals surface area contributed by atoms with Gasteiger partial charge >= 0.3 is 0 Å². The van der Waals surface area contributed by atoms with E-state index >= 15 is 0 Å². The van der Waals surface area contributed by atoms with Crippen LogP contribution >= 0.6 is 0 Å². The fraction of sp³-hybridized carbons (Fsp3) is 0.571. The van der Waals surface area contributed by atoms with Crippen LogP contribution < -0.4 is 15.8 Å². The third kappa shape index (κ3) is 5.77. The van der Waals surface area contributed by atoms with Crippen molar-refractivity contribution in [2.24, 2.45) is 0 Å². The molecule has 0 aliphatic heterocycles. The normalized spacial score (nSPS) is 10.7. The van der Waals surface area contributed by atoms with E-state index in [1.807, 2.05) is 18.2 Å². The predicted molar refractivity (Wildman–Crippen MR) is 76.2 cm³/mol. The Bertz CT molecular complexity index is 354. The number of nitrogens with one attached hydrogen (secondary N) is 1. The molecule has 0 radical (unpaired) electrons. The van der Waals surface area contributed by atoms with Gasteiger partial charge in [-0.05, 0) is 32.8 Å². The largest absolute Gasteiger partial charge is 0.497 e. The first-order valence-corrected chi connectivity index (χ1v) is 6.42. The van der Waals surface area contributed by atoms with E-state index in [0.29, 0.717) is 11.8 Å². The minimum atomic E-state index is 0.316. The number of nitrogens with two attached hydrogens (primary N) is 1. The maximum atomic E-state index is 5.78. The van der Waals surface area contributed by atoms with Gasteiger partial charge < -0.3 is 20.5 Å². The van der Waals surface area contributed by atoms with Crippen molar-refractivity contribution in [1.82, 2.24) is 0 Å². The Morgan fingerprint density at radius 2 is 2.00 bits per heavy atom. The molecule has 0 fully saturated rings. The number of anilines is 2. The number of ether oxygens (including phenoxy) is 2. The van der Waals surface area contributed by atoms with Crippen LogP contribution in [-0.2, 0) is 4.74 Å². The lowest BCUT2D eigenvalue weighted by Crippen LogP contribution is -2.07. The Balaban J connectivity index is 2.24. The van der Waals surface area contributed by atoms with Crippen LogP contribution in [0.3, 0.4) is 0 Å². The van der Waals surface area contributed by atoms with Crippen LogP contribution in [0, 0.1) is 0 Å². The molecule has 0 aromatic heterocycles. The van der Waals surface area contributed by atoms with E-state index < -0.39 is 0 Å². The Hall–Kier alpha value is -1.42. The molecule has 0 spiro atoms. The van der Waals surface area contributed by atoms with Gasteiger partial charge in [-0.3, -0.25) is 0 Å². The van der Waals surface area contributed by atoms with Crippen LogP contribution in [0.2, 0.25) is 0 Å². The summed E-state index contributed by atoms with van der Waals surface area (Å²) >= 11 is 0. The van der Waals surface area contributed by atoms with Crippen molar-refractivity contribution in [3.05, 3.63) is 18.2 Å². The summed E-state index contributed by atoms with van der Waals surface area (Å²) in [6.07, 6.45) is 2.45. The van der Waals surface area contributed by atoms with Crippen molar-refractivity contribution < 1.29 is 9.47 Å². The molecule has 18 heavy (non-hydrogen) atoms. The van der Waals surface area contributed by atoms with E-state index in [0.717, 1.165) is 37.4 Å². The molecule has 3 N–H and O–H groups in total. The molecule has 0 amide bonds. The third-order valence-electron chi connectivity index (χ3n) is 2.52. The van der Waals surface area contributed by atoms with E-state index in [4.69, 9.17) is 15.2 Å². The van der Waals surface area contributed by atoms with Gasteiger partial charge in [0.1, 0.15) is 5.75 Å². The molecule has 1 aromatic carbocycles. The monoisotopic (exact) mass is 252 g/mol. The average molecular weight is 252 g/mol. The van der Waals surface area contributed by atoms with Crippen molar-refractivity contribution in [2.45, 2.75) is 32.8 Å². The van der Waals surface area contributed by atoms with Crippen LogP contribution in [0.25, 0.3) is 0 Å². The van der Waals surface area contributed by atoms with Crippen LogP contribution in [0.15, 0.2) is 18.2 Å². The summed E-state index contributed by atoms with van der Waals surface area (Å²) in [4.78, 5) is 0. The van der Waals surface area contributed by atoms with Gasteiger partial charge in [0, 0.05) is 36.7 Å².